The molecule has 2 rings (SSSR count). The topological polar surface area (TPSA) is 45.7 Å². The second-order valence-corrected chi connectivity index (χ2v) is 5.43. The van der Waals surface area contributed by atoms with Gasteiger partial charge in [0.25, 0.3) is 0 Å². The molecule has 0 radical (unpaired) electrons. The van der Waals surface area contributed by atoms with Crippen LogP contribution >= 0.6 is 0 Å². The van der Waals surface area contributed by atoms with Gasteiger partial charge in [-0.05, 0) is 35.4 Å². The third kappa shape index (κ3) is 5.37. The SMILES string of the molecule is CN=C(NCc1cccc(F)c1)NCc1ccc(OC)cc1C(F)(F)F. The zero-order chi connectivity index (χ0) is 19.2. The highest BCUT2D eigenvalue weighted by Gasteiger charge is 2.33. The lowest BCUT2D eigenvalue weighted by Crippen LogP contribution is -2.36. The fourth-order valence-electron chi connectivity index (χ4n) is 2.33. The molecule has 4 nitrogen and oxygen atoms in total. The Bertz CT molecular complexity index is 775. The van der Waals surface area contributed by atoms with Gasteiger partial charge in [0.15, 0.2) is 5.96 Å². The number of rotatable bonds is 5. The number of halogens is 4. The van der Waals surface area contributed by atoms with Gasteiger partial charge < -0.3 is 15.4 Å². The largest absolute Gasteiger partial charge is 0.497 e. The molecule has 0 aliphatic carbocycles. The molecule has 0 amide bonds. The third-order valence-electron chi connectivity index (χ3n) is 3.64. The summed E-state index contributed by atoms with van der Waals surface area (Å²) in [6.45, 7) is 0.202. The Morgan fingerprint density at radius 3 is 2.42 bits per heavy atom. The first-order valence-electron chi connectivity index (χ1n) is 7.76. The molecule has 0 aliphatic heterocycles. The van der Waals surface area contributed by atoms with Crippen molar-refractivity contribution in [1.29, 1.82) is 0 Å². The highest BCUT2D eigenvalue weighted by Crippen LogP contribution is 2.34. The molecular formula is C18H19F4N3O. The normalized spacial score (nSPS) is 12.0. The molecule has 0 spiro atoms. The van der Waals surface area contributed by atoms with Gasteiger partial charge in [0.2, 0.25) is 0 Å². The van der Waals surface area contributed by atoms with Crippen molar-refractivity contribution in [3.63, 3.8) is 0 Å². The molecule has 2 N–H and O–H groups in total. The van der Waals surface area contributed by atoms with Crippen molar-refractivity contribution in [2.24, 2.45) is 4.99 Å². The summed E-state index contributed by atoms with van der Waals surface area (Å²) in [5, 5.41) is 5.76. The number of hydrogen-bond acceptors (Lipinski definition) is 2. The molecule has 0 unspecified atom stereocenters. The molecule has 0 atom stereocenters. The number of ether oxygens (including phenoxy) is 1. The molecule has 2 aromatic carbocycles. The Balaban J connectivity index is 2.04. The van der Waals surface area contributed by atoms with Crippen LogP contribution in [0.2, 0.25) is 0 Å². The van der Waals surface area contributed by atoms with Crippen LogP contribution in [0.15, 0.2) is 47.5 Å². The zero-order valence-corrected chi connectivity index (χ0v) is 14.3. The van der Waals surface area contributed by atoms with Crippen molar-refractivity contribution in [2.45, 2.75) is 19.3 Å². The van der Waals surface area contributed by atoms with E-state index in [9.17, 15) is 17.6 Å². The minimum absolute atomic E-state index is 0.0620. The summed E-state index contributed by atoms with van der Waals surface area (Å²) in [7, 11) is 2.81. The predicted octanol–water partition coefficient (Wildman–Crippen LogP) is 3.72. The Labute approximate surface area is 148 Å². The van der Waals surface area contributed by atoms with E-state index in [1.165, 1.54) is 38.4 Å². The first-order chi connectivity index (χ1) is 12.3. The molecule has 0 saturated carbocycles. The van der Waals surface area contributed by atoms with E-state index in [0.717, 1.165) is 6.07 Å². The van der Waals surface area contributed by atoms with E-state index in [-0.39, 0.29) is 30.2 Å². The fourth-order valence-corrected chi connectivity index (χ4v) is 2.33. The summed E-state index contributed by atoms with van der Waals surface area (Å²) >= 11 is 0. The molecular weight excluding hydrogens is 350 g/mol. The lowest BCUT2D eigenvalue weighted by Gasteiger charge is -2.16. The Morgan fingerprint density at radius 2 is 1.81 bits per heavy atom. The number of hydrogen-bond donors (Lipinski definition) is 2. The van der Waals surface area contributed by atoms with Crippen LogP contribution < -0.4 is 15.4 Å². The standard InChI is InChI=1S/C18H19F4N3O/c1-23-17(24-10-12-4-3-5-14(19)8-12)25-11-13-6-7-15(26-2)9-16(13)18(20,21)22/h3-9H,10-11H2,1-2H3,(H2,23,24,25). The van der Waals surface area contributed by atoms with Crippen LogP contribution in [-0.2, 0) is 19.3 Å². The van der Waals surface area contributed by atoms with Gasteiger partial charge in [0.05, 0.1) is 12.7 Å². The fraction of sp³-hybridized carbons (Fsp3) is 0.278. The molecule has 8 heteroatoms. The van der Waals surface area contributed by atoms with E-state index in [2.05, 4.69) is 15.6 Å². The van der Waals surface area contributed by atoms with Gasteiger partial charge in [0.1, 0.15) is 11.6 Å². The molecule has 0 fully saturated rings. The molecule has 0 aromatic heterocycles. The smallest absolute Gasteiger partial charge is 0.416 e. The van der Waals surface area contributed by atoms with Crippen molar-refractivity contribution in [3.05, 3.63) is 65.0 Å². The van der Waals surface area contributed by atoms with Crippen LogP contribution in [0.25, 0.3) is 0 Å². The first kappa shape index (κ1) is 19.6. The van der Waals surface area contributed by atoms with Crippen LogP contribution in [0.3, 0.4) is 0 Å². The van der Waals surface area contributed by atoms with Gasteiger partial charge in [-0.2, -0.15) is 13.2 Å². The van der Waals surface area contributed by atoms with E-state index in [0.29, 0.717) is 11.5 Å². The second kappa shape index (κ2) is 8.55. The van der Waals surface area contributed by atoms with Crippen LogP contribution in [0, 0.1) is 5.82 Å². The van der Waals surface area contributed by atoms with Crippen molar-refractivity contribution in [1.82, 2.24) is 10.6 Å². The van der Waals surface area contributed by atoms with E-state index in [1.807, 2.05) is 0 Å². The predicted molar refractivity (Wildman–Crippen MR) is 91.4 cm³/mol. The monoisotopic (exact) mass is 369 g/mol. The quantitative estimate of drug-likeness (QED) is 0.480. The van der Waals surface area contributed by atoms with Crippen molar-refractivity contribution in [3.8, 4) is 5.75 Å². The van der Waals surface area contributed by atoms with E-state index < -0.39 is 11.7 Å². The van der Waals surface area contributed by atoms with Gasteiger partial charge in [0, 0.05) is 20.1 Å². The summed E-state index contributed by atoms with van der Waals surface area (Å²) in [5.41, 5.74) is -0.0229. The number of aliphatic imine (C=N–C) groups is 1. The number of methoxy groups -OCH3 is 1. The van der Waals surface area contributed by atoms with Crippen LogP contribution in [0.1, 0.15) is 16.7 Å². The number of nitrogens with one attached hydrogen (secondary N) is 2. The molecule has 26 heavy (non-hydrogen) atoms. The third-order valence-corrected chi connectivity index (χ3v) is 3.64. The van der Waals surface area contributed by atoms with Crippen LogP contribution in [0.4, 0.5) is 17.6 Å². The Kier molecular flexibility index (Phi) is 6.43. The van der Waals surface area contributed by atoms with Crippen molar-refractivity contribution in [2.75, 3.05) is 14.2 Å². The maximum atomic E-state index is 13.2. The second-order valence-electron chi connectivity index (χ2n) is 5.43. The number of benzene rings is 2. The minimum Gasteiger partial charge on any atom is -0.497 e. The highest BCUT2D eigenvalue weighted by molar-refractivity contribution is 5.79. The lowest BCUT2D eigenvalue weighted by molar-refractivity contribution is -0.138. The highest BCUT2D eigenvalue weighted by atomic mass is 19.4. The van der Waals surface area contributed by atoms with E-state index >= 15 is 0 Å². The Morgan fingerprint density at radius 1 is 1.08 bits per heavy atom. The van der Waals surface area contributed by atoms with Gasteiger partial charge >= 0.3 is 6.18 Å². The maximum absolute atomic E-state index is 13.2. The van der Waals surface area contributed by atoms with E-state index in [4.69, 9.17) is 4.74 Å². The first-order valence-corrected chi connectivity index (χ1v) is 7.76. The molecule has 2 aromatic rings. The minimum atomic E-state index is -4.50. The summed E-state index contributed by atoms with van der Waals surface area (Å²) < 4.78 is 57.7. The summed E-state index contributed by atoms with van der Waals surface area (Å²) in [4.78, 5) is 3.96. The average Bonchev–Trinajstić information content (AvgIpc) is 2.61. The average molecular weight is 369 g/mol. The number of nitrogens with zero attached hydrogens (tertiary/aromatic N) is 1. The van der Waals surface area contributed by atoms with Crippen molar-refractivity contribution >= 4 is 5.96 Å². The van der Waals surface area contributed by atoms with Gasteiger partial charge in [-0.3, -0.25) is 4.99 Å². The Hall–Kier alpha value is -2.77. The zero-order valence-electron chi connectivity index (χ0n) is 14.3. The van der Waals surface area contributed by atoms with Gasteiger partial charge in [-0.25, -0.2) is 4.39 Å². The molecule has 0 heterocycles. The van der Waals surface area contributed by atoms with Crippen LogP contribution in [-0.4, -0.2) is 20.1 Å². The summed E-state index contributed by atoms with van der Waals surface area (Å²) in [5.74, 6) is 0.0770. The lowest BCUT2D eigenvalue weighted by atomic mass is 10.1. The summed E-state index contributed by atoms with van der Waals surface area (Å²) in [6.07, 6.45) is -4.50. The molecule has 0 bridgehead atoms. The summed E-state index contributed by atoms with van der Waals surface area (Å²) in [6, 6.07) is 9.79. The molecule has 0 aliphatic rings. The van der Waals surface area contributed by atoms with Crippen molar-refractivity contribution < 1.29 is 22.3 Å². The molecule has 140 valence electrons. The number of alkyl halides is 3. The van der Waals surface area contributed by atoms with E-state index in [1.54, 1.807) is 12.1 Å². The maximum Gasteiger partial charge on any atom is 0.416 e. The van der Waals surface area contributed by atoms with Crippen LogP contribution in [0.5, 0.6) is 5.75 Å². The van der Waals surface area contributed by atoms with Gasteiger partial charge in [-0.15, -0.1) is 0 Å². The molecule has 0 saturated heterocycles. The van der Waals surface area contributed by atoms with Gasteiger partial charge in [-0.1, -0.05) is 18.2 Å². The number of guanidine groups is 1.